The number of hydrazone groups is 1. The molecule has 1 aliphatic carbocycles. The highest BCUT2D eigenvalue weighted by atomic mass is 16.5. The summed E-state index contributed by atoms with van der Waals surface area (Å²) < 4.78 is 5.27. The third kappa shape index (κ3) is 4.12. The second-order valence-corrected chi connectivity index (χ2v) is 7.71. The number of nitrogens with zero attached hydrogens (tertiary/aromatic N) is 3. The van der Waals surface area contributed by atoms with Gasteiger partial charge in [-0.05, 0) is 48.2 Å². The van der Waals surface area contributed by atoms with Crippen LogP contribution in [0.3, 0.4) is 0 Å². The van der Waals surface area contributed by atoms with Gasteiger partial charge < -0.3 is 10.5 Å². The third-order valence-electron chi connectivity index (χ3n) is 5.89. The number of nitrogens with two attached hydrogens (primary N) is 1. The van der Waals surface area contributed by atoms with E-state index in [9.17, 15) is 4.79 Å². The minimum absolute atomic E-state index is 0.0152. The molecular formula is C23H28N4O2. The van der Waals surface area contributed by atoms with Crippen LogP contribution in [0.15, 0.2) is 59.7 Å². The molecular weight excluding hydrogens is 364 g/mol. The molecule has 2 amide bonds. The van der Waals surface area contributed by atoms with Gasteiger partial charge in [-0.15, -0.1) is 5.12 Å². The standard InChI is InChI=1S/C23H28N4O2/c1-29-20-14-12-17(13-15-20)21-16-22(18-8-4-2-5-9-18)26(27(25-21)23(24)28)19-10-6-3-7-11-19/h2,4-5,8-9,12-15,19,22H,3,6-7,10-11,16H2,1H3,(H2,24,28). The van der Waals surface area contributed by atoms with Crippen LogP contribution >= 0.6 is 0 Å². The molecule has 1 fully saturated rings. The topological polar surface area (TPSA) is 71.2 Å². The number of primary amides is 1. The lowest BCUT2D eigenvalue weighted by molar-refractivity contribution is -0.0749. The van der Waals surface area contributed by atoms with E-state index >= 15 is 0 Å². The number of benzene rings is 2. The molecule has 2 aromatic rings. The van der Waals surface area contributed by atoms with Crippen LogP contribution in [0, 0.1) is 0 Å². The van der Waals surface area contributed by atoms with E-state index in [-0.39, 0.29) is 12.1 Å². The zero-order chi connectivity index (χ0) is 20.2. The average molecular weight is 393 g/mol. The molecule has 0 bridgehead atoms. The summed E-state index contributed by atoms with van der Waals surface area (Å²) in [5, 5.41) is 8.24. The lowest BCUT2D eigenvalue weighted by Gasteiger charge is -2.46. The van der Waals surface area contributed by atoms with Gasteiger partial charge in [-0.1, -0.05) is 49.6 Å². The fraction of sp³-hybridized carbons (Fsp3) is 0.391. The Morgan fingerprint density at radius 3 is 2.34 bits per heavy atom. The van der Waals surface area contributed by atoms with Crippen molar-refractivity contribution in [2.75, 3.05) is 7.11 Å². The smallest absolute Gasteiger partial charge is 0.350 e. The first-order chi connectivity index (χ1) is 14.2. The van der Waals surface area contributed by atoms with Gasteiger partial charge in [-0.2, -0.15) is 10.1 Å². The Balaban J connectivity index is 1.75. The Morgan fingerprint density at radius 2 is 1.72 bits per heavy atom. The molecule has 2 aliphatic rings. The molecule has 0 saturated heterocycles. The van der Waals surface area contributed by atoms with Crippen molar-refractivity contribution in [3.05, 3.63) is 65.7 Å². The first-order valence-electron chi connectivity index (χ1n) is 10.3. The summed E-state index contributed by atoms with van der Waals surface area (Å²) in [5.41, 5.74) is 8.81. The fourth-order valence-electron chi connectivity index (χ4n) is 4.44. The highest BCUT2D eigenvalue weighted by Crippen LogP contribution is 2.37. The van der Waals surface area contributed by atoms with Crippen LogP contribution in [0.2, 0.25) is 0 Å². The molecule has 1 saturated carbocycles. The van der Waals surface area contributed by atoms with Crippen LogP contribution in [0.5, 0.6) is 5.75 Å². The van der Waals surface area contributed by atoms with Crippen molar-refractivity contribution in [1.29, 1.82) is 0 Å². The number of amides is 2. The Kier molecular flexibility index (Phi) is 5.81. The predicted molar refractivity (Wildman–Crippen MR) is 113 cm³/mol. The minimum atomic E-state index is -0.540. The summed E-state index contributed by atoms with van der Waals surface area (Å²) in [7, 11) is 1.65. The zero-order valence-corrected chi connectivity index (χ0v) is 16.8. The van der Waals surface area contributed by atoms with Crippen LogP contribution in [0.25, 0.3) is 0 Å². The van der Waals surface area contributed by atoms with Crippen molar-refractivity contribution in [1.82, 2.24) is 10.1 Å². The Bertz CT molecular complexity index is 860. The van der Waals surface area contributed by atoms with E-state index in [0.29, 0.717) is 0 Å². The molecule has 29 heavy (non-hydrogen) atoms. The molecule has 1 heterocycles. The maximum Gasteiger partial charge on any atom is 0.350 e. The average Bonchev–Trinajstić information content (AvgIpc) is 2.79. The van der Waals surface area contributed by atoms with E-state index in [0.717, 1.165) is 36.3 Å². The maximum atomic E-state index is 12.4. The van der Waals surface area contributed by atoms with Gasteiger partial charge >= 0.3 is 6.03 Å². The Hall–Kier alpha value is -2.86. The summed E-state index contributed by atoms with van der Waals surface area (Å²) in [4.78, 5) is 12.4. The highest BCUT2D eigenvalue weighted by molar-refractivity contribution is 6.02. The van der Waals surface area contributed by atoms with E-state index in [1.807, 2.05) is 42.5 Å². The zero-order valence-electron chi connectivity index (χ0n) is 16.8. The van der Waals surface area contributed by atoms with Gasteiger partial charge in [-0.3, -0.25) is 0 Å². The van der Waals surface area contributed by atoms with Gasteiger partial charge in [0.15, 0.2) is 0 Å². The van der Waals surface area contributed by atoms with Crippen molar-refractivity contribution in [3.63, 3.8) is 0 Å². The van der Waals surface area contributed by atoms with E-state index in [1.54, 1.807) is 7.11 Å². The lowest BCUT2D eigenvalue weighted by Crippen LogP contribution is -2.55. The monoisotopic (exact) mass is 392 g/mol. The molecule has 1 aliphatic heterocycles. The molecule has 0 aromatic heterocycles. The molecule has 1 unspecified atom stereocenters. The number of hydrazine groups is 1. The fourth-order valence-corrected chi connectivity index (χ4v) is 4.44. The quantitative estimate of drug-likeness (QED) is 0.834. The summed E-state index contributed by atoms with van der Waals surface area (Å²) in [6.07, 6.45) is 6.42. The van der Waals surface area contributed by atoms with E-state index in [1.165, 1.54) is 29.9 Å². The Labute approximate surface area is 171 Å². The van der Waals surface area contributed by atoms with E-state index in [4.69, 9.17) is 15.6 Å². The summed E-state index contributed by atoms with van der Waals surface area (Å²) >= 11 is 0. The molecule has 0 spiro atoms. The summed E-state index contributed by atoms with van der Waals surface area (Å²) in [6.45, 7) is 0. The van der Waals surface area contributed by atoms with Gasteiger partial charge in [0.25, 0.3) is 0 Å². The van der Waals surface area contributed by atoms with Crippen molar-refractivity contribution >= 4 is 11.7 Å². The van der Waals surface area contributed by atoms with Crippen molar-refractivity contribution in [2.45, 2.75) is 50.6 Å². The highest BCUT2D eigenvalue weighted by Gasteiger charge is 2.39. The second-order valence-electron chi connectivity index (χ2n) is 7.71. The number of hydrogen-bond donors (Lipinski definition) is 1. The van der Waals surface area contributed by atoms with Crippen molar-refractivity contribution in [3.8, 4) is 5.75 Å². The number of carbonyl (C=O) groups is 1. The number of ether oxygens (including phenoxy) is 1. The van der Waals surface area contributed by atoms with Gasteiger partial charge in [0, 0.05) is 12.5 Å². The first kappa shape index (κ1) is 19.5. The third-order valence-corrected chi connectivity index (χ3v) is 5.89. The molecule has 2 aromatic carbocycles. The first-order valence-corrected chi connectivity index (χ1v) is 10.3. The number of methoxy groups -OCH3 is 1. The van der Waals surface area contributed by atoms with Crippen LogP contribution < -0.4 is 10.5 Å². The number of urea groups is 1. The molecule has 2 N–H and O–H groups in total. The normalized spacial score (nSPS) is 20.9. The van der Waals surface area contributed by atoms with E-state index < -0.39 is 6.03 Å². The molecule has 4 rings (SSSR count). The van der Waals surface area contributed by atoms with Crippen LogP contribution in [-0.2, 0) is 0 Å². The molecule has 6 heteroatoms. The number of carbonyl (C=O) groups excluding carboxylic acids is 1. The van der Waals surface area contributed by atoms with Gasteiger partial charge in [0.1, 0.15) is 5.75 Å². The lowest BCUT2D eigenvalue weighted by atomic mass is 9.90. The Morgan fingerprint density at radius 1 is 1.03 bits per heavy atom. The van der Waals surface area contributed by atoms with Crippen molar-refractivity contribution in [2.24, 2.45) is 10.8 Å². The maximum absolute atomic E-state index is 12.4. The van der Waals surface area contributed by atoms with Gasteiger partial charge in [0.2, 0.25) is 0 Å². The van der Waals surface area contributed by atoms with Crippen molar-refractivity contribution < 1.29 is 9.53 Å². The van der Waals surface area contributed by atoms with Crippen LogP contribution in [0.1, 0.15) is 55.7 Å². The SMILES string of the molecule is COc1ccc(C2=NN(C(N)=O)N(C3CCCCC3)C(c3ccccc3)C2)cc1. The summed E-state index contributed by atoms with van der Waals surface area (Å²) in [5.74, 6) is 0.792. The van der Waals surface area contributed by atoms with Crippen LogP contribution in [-0.4, -0.2) is 35.0 Å². The number of rotatable bonds is 4. The van der Waals surface area contributed by atoms with Gasteiger partial charge in [0.05, 0.1) is 18.9 Å². The predicted octanol–water partition coefficient (Wildman–Crippen LogP) is 4.47. The molecule has 6 nitrogen and oxygen atoms in total. The molecule has 0 radical (unpaired) electrons. The van der Waals surface area contributed by atoms with E-state index in [2.05, 4.69) is 17.1 Å². The molecule has 152 valence electrons. The minimum Gasteiger partial charge on any atom is -0.497 e. The molecule has 1 atom stereocenters. The largest absolute Gasteiger partial charge is 0.497 e. The second kappa shape index (κ2) is 8.66. The summed E-state index contributed by atoms with van der Waals surface area (Å²) in [6, 6.07) is 17.9. The van der Waals surface area contributed by atoms with Gasteiger partial charge in [-0.25, -0.2) is 4.79 Å². The van der Waals surface area contributed by atoms with Crippen LogP contribution in [0.4, 0.5) is 4.79 Å². The number of hydrogen-bond acceptors (Lipinski definition) is 4.